The van der Waals surface area contributed by atoms with Crippen molar-refractivity contribution in [2.45, 2.75) is 18.8 Å². The summed E-state index contributed by atoms with van der Waals surface area (Å²) in [5.74, 6) is -6.44. The Bertz CT molecular complexity index is 289. The van der Waals surface area contributed by atoms with Crippen molar-refractivity contribution in [2.75, 3.05) is 39.3 Å². The molecule has 1 heterocycles. The summed E-state index contributed by atoms with van der Waals surface area (Å²) in [5.41, 5.74) is 0. The van der Waals surface area contributed by atoms with E-state index in [0.29, 0.717) is 26.1 Å². The molecule has 1 saturated heterocycles. The highest BCUT2D eigenvalue weighted by atomic mass is 19.3. The second-order valence-electron chi connectivity index (χ2n) is 4.13. The van der Waals surface area contributed by atoms with Crippen molar-refractivity contribution in [1.29, 1.82) is 0 Å². The zero-order valence-corrected chi connectivity index (χ0v) is 9.79. The van der Waals surface area contributed by atoms with Crippen LogP contribution in [0.3, 0.4) is 0 Å². The lowest BCUT2D eigenvalue weighted by Gasteiger charge is -2.25. The minimum absolute atomic E-state index is 0.0266. The van der Waals surface area contributed by atoms with E-state index in [-0.39, 0.29) is 19.7 Å². The zero-order valence-electron chi connectivity index (χ0n) is 9.79. The van der Waals surface area contributed by atoms with Gasteiger partial charge in [-0.3, -0.25) is 9.69 Å². The van der Waals surface area contributed by atoms with Gasteiger partial charge in [-0.25, -0.2) is 8.78 Å². The summed E-state index contributed by atoms with van der Waals surface area (Å²) in [7, 11) is 0. The van der Waals surface area contributed by atoms with Crippen LogP contribution in [0.5, 0.6) is 0 Å². The van der Waals surface area contributed by atoms with Gasteiger partial charge in [0.05, 0.1) is 6.61 Å². The zero-order chi connectivity index (χ0) is 13.8. The Hall–Kier alpha value is -0.890. The number of nitrogens with zero attached hydrogens (tertiary/aromatic N) is 2. The number of halogens is 4. The van der Waals surface area contributed by atoms with Crippen LogP contribution in [0.2, 0.25) is 0 Å². The van der Waals surface area contributed by atoms with Crippen molar-refractivity contribution in [3.8, 4) is 0 Å². The summed E-state index contributed by atoms with van der Waals surface area (Å²) in [6.45, 7) is 1.16. The van der Waals surface area contributed by atoms with Crippen molar-refractivity contribution in [3.63, 3.8) is 0 Å². The predicted molar refractivity (Wildman–Crippen MR) is 55.7 cm³/mol. The molecule has 0 spiro atoms. The van der Waals surface area contributed by atoms with Crippen LogP contribution in [0.25, 0.3) is 0 Å². The van der Waals surface area contributed by atoms with E-state index in [4.69, 9.17) is 5.11 Å². The Labute approximate surface area is 102 Å². The summed E-state index contributed by atoms with van der Waals surface area (Å²) in [4.78, 5) is 13.9. The molecular formula is C10H16F4N2O2. The van der Waals surface area contributed by atoms with Gasteiger partial charge in [-0.15, -0.1) is 0 Å². The summed E-state index contributed by atoms with van der Waals surface area (Å²) < 4.78 is 50.0. The van der Waals surface area contributed by atoms with Crippen LogP contribution >= 0.6 is 0 Å². The van der Waals surface area contributed by atoms with Gasteiger partial charge in [0.25, 0.3) is 5.91 Å². The Kier molecular flexibility index (Phi) is 5.33. The van der Waals surface area contributed by atoms with Crippen LogP contribution in [0.4, 0.5) is 17.6 Å². The van der Waals surface area contributed by atoms with Crippen molar-refractivity contribution in [1.82, 2.24) is 9.80 Å². The van der Waals surface area contributed by atoms with Crippen molar-refractivity contribution >= 4 is 5.91 Å². The summed E-state index contributed by atoms with van der Waals surface area (Å²) in [5, 5.41) is 8.75. The minimum Gasteiger partial charge on any atom is -0.395 e. The van der Waals surface area contributed by atoms with Gasteiger partial charge in [-0.2, -0.15) is 8.78 Å². The average molecular weight is 272 g/mol. The van der Waals surface area contributed by atoms with E-state index in [1.165, 1.54) is 0 Å². The first-order valence-corrected chi connectivity index (χ1v) is 5.68. The predicted octanol–water partition coefficient (Wildman–Crippen LogP) is 0.413. The number of rotatable bonds is 4. The number of hydrogen-bond acceptors (Lipinski definition) is 3. The fourth-order valence-corrected chi connectivity index (χ4v) is 1.84. The Morgan fingerprint density at radius 1 is 1.22 bits per heavy atom. The van der Waals surface area contributed by atoms with Crippen LogP contribution < -0.4 is 0 Å². The highest BCUT2D eigenvalue weighted by molar-refractivity contribution is 5.84. The third-order valence-corrected chi connectivity index (χ3v) is 2.85. The van der Waals surface area contributed by atoms with Gasteiger partial charge >= 0.3 is 12.3 Å². The first kappa shape index (κ1) is 15.2. The molecule has 0 radical (unpaired) electrons. The maximum atomic E-state index is 12.9. The minimum atomic E-state index is -4.62. The van der Waals surface area contributed by atoms with Crippen LogP contribution in [0.15, 0.2) is 0 Å². The van der Waals surface area contributed by atoms with Crippen molar-refractivity contribution in [2.24, 2.45) is 0 Å². The molecule has 1 amide bonds. The summed E-state index contributed by atoms with van der Waals surface area (Å²) >= 11 is 0. The smallest absolute Gasteiger partial charge is 0.383 e. The molecule has 0 aromatic heterocycles. The third kappa shape index (κ3) is 3.55. The number of amides is 1. The van der Waals surface area contributed by atoms with E-state index in [1.54, 1.807) is 4.90 Å². The highest BCUT2D eigenvalue weighted by Crippen LogP contribution is 2.25. The molecule has 1 N–H and O–H groups in total. The monoisotopic (exact) mass is 272 g/mol. The van der Waals surface area contributed by atoms with E-state index in [9.17, 15) is 22.4 Å². The largest absolute Gasteiger partial charge is 0.395 e. The number of β-amino-alcohol motifs (C(OH)–C–C–N with tert-alkyl or cyclic N) is 1. The molecular weight excluding hydrogens is 256 g/mol. The molecule has 0 saturated carbocycles. The fraction of sp³-hybridized carbons (Fsp3) is 0.900. The Balaban J connectivity index is 2.60. The number of carbonyl (C=O) groups excluding carboxylic acids is 1. The molecule has 1 aliphatic heterocycles. The molecule has 0 atom stereocenters. The van der Waals surface area contributed by atoms with E-state index < -0.39 is 18.3 Å². The molecule has 8 heteroatoms. The van der Waals surface area contributed by atoms with Gasteiger partial charge in [-0.1, -0.05) is 0 Å². The second-order valence-corrected chi connectivity index (χ2v) is 4.13. The topological polar surface area (TPSA) is 43.8 Å². The highest BCUT2D eigenvalue weighted by Gasteiger charge is 2.51. The van der Waals surface area contributed by atoms with Gasteiger partial charge in [0.2, 0.25) is 0 Å². The van der Waals surface area contributed by atoms with Crippen LogP contribution in [0.1, 0.15) is 6.42 Å². The molecule has 0 aromatic carbocycles. The molecule has 1 aliphatic rings. The molecule has 0 unspecified atom stereocenters. The molecule has 0 aromatic rings. The number of aliphatic hydroxyl groups excluding tert-OH is 1. The van der Waals surface area contributed by atoms with E-state index in [2.05, 4.69) is 0 Å². The van der Waals surface area contributed by atoms with Crippen molar-refractivity contribution in [3.05, 3.63) is 0 Å². The molecule has 0 aliphatic carbocycles. The van der Waals surface area contributed by atoms with Gasteiger partial charge < -0.3 is 10.0 Å². The summed E-state index contributed by atoms with van der Waals surface area (Å²) in [6.07, 6.45) is -3.56. The van der Waals surface area contributed by atoms with Gasteiger partial charge in [0, 0.05) is 26.2 Å². The lowest BCUT2D eigenvalue weighted by molar-refractivity contribution is -0.180. The standard InChI is InChI=1S/C10H16F4N2O2/c11-8(12)10(13,14)9(18)16-3-1-2-15(4-5-16)6-7-17/h8,17H,1-7H2. The van der Waals surface area contributed by atoms with Crippen LogP contribution in [0, 0.1) is 0 Å². The lowest BCUT2D eigenvalue weighted by Crippen LogP contribution is -2.48. The van der Waals surface area contributed by atoms with Crippen molar-refractivity contribution < 1.29 is 27.5 Å². The van der Waals surface area contributed by atoms with Crippen LogP contribution in [-0.4, -0.2) is 72.5 Å². The maximum Gasteiger partial charge on any atom is 0.383 e. The molecule has 4 nitrogen and oxygen atoms in total. The number of carbonyl (C=O) groups is 1. The molecule has 18 heavy (non-hydrogen) atoms. The van der Waals surface area contributed by atoms with E-state index in [0.717, 1.165) is 4.90 Å². The van der Waals surface area contributed by atoms with E-state index >= 15 is 0 Å². The molecule has 106 valence electrons. The first-order valence-electron chi connectivity index (χ1n) is 5.68. The third-order valence-electron chi connectivity index (χ3n) is 2.85. The van der Waals surface area contributed by atoms with Gasteiger partial charge in [0.1, 0.15) is 0 Å². The second kappa shape index (κ2) is 6.33. The van der Waals surface area contributed by atoms with Gasteiger partial charge in [0.15, 0.2) is 0 Å². The van der Waals surface area contributed by atoms with Crippen LogP contribution in [-0.2, 0) is 4.79 Å². The number of hydrogen-bond donors (Lipinski definition) is 1. The lowest BCUT2D eigenvalue weighted by atomic mass is 10.2. The average Bonchev–Trinajstić information content (AvgIpc) is 2.54. The summed E-state index contributed by atoms with van der Waals surface area (Å²) in [6, 6.07) is 0. The number of aliphatic hydroxyl groups is 1. The molecule has 0 bridgehead atoms. The molecule has 1 rings (SSSR count). The quantitative estimate of drug-likeness (QED) is 0.754. The Morgan fingerprint density at radius 2 is 1.89 bits per heavy atom. The molecule has 1 fully saturated rings. The SMILES string of the molecule is O=C(N1CCCN(CCO)CC1)C(F)(F)C(F)F. The number of alkyl halides is 4. The van der Waals surface area contributed by atoms with Gasteiger partial charge in [-0.05, 0) is 13.0 Å². The Morgan fingerprint density at radius 3 is 2.44 bits per heavy atom. The fourth-order valence-electron chi connectivity index (χ4n) is 1.84. The first-order chi connectivity index (χ1) is 8.39. The van der Waals surface area contributed by atoms with E-state index in [1.807, 2.05) is 0 Å². The normalized spacial score (nSPS) is 19.1. The maximum absolute atomic E-state index is 12.9.